The number of hydrogen-bond donors (Lipinski definition) is 1. The molecule has 0 saturated carbocycles. The molecule has 0 aliphatic rings. The zero-order valence-corrected chi connectivity index (χ0v) is 9.11. The summed E-state index contributed by atoms with van der Waals surface area (Å²) in [4.78, 5) is 9.35. The van der Waals surface area contributed by atoms with Crippen molar-refractivity contribution in [2.45, 2.75) is 19.8 Å². The van der Waals surface area contributed by atoms with E-state index in [1.807, 2.05) is 18.2 Å². The molecule has 0 spiro atoms. The standard InChI is InChI=1S/C10H15O3P/c1-2-3-9-12-14(11)13-10-7-5-4-6-8-10/h4-8,11H,2-3,9H2,1H3. The summed E-state index contributed by atoms with van der Waals surface area (Å²) >= 11 is 0. The second kappa shape index (κ2) is 6.77. The summed E-state index contributed by atoms with van der Waals surface area (Å²) in [5, 5.41) is 0. The van der Waals surface area contributed by atoms with Gasteiger partial charge in [-0.1, -0.05) is 31.5 Å². The predicted molar refractivity (Wildman–Crippen MR) is 57.1 cm³/mol. The van der Waals surface area contributed by atoms with Gasteiger partial charge < -0.3 is 13.9 Å². The van der Waals surface area contributed by atoms with Crippen LogP contribution in [0.2, 0.25) is 0 Å². The van der Waals surface area contributed by atoms with Crippen LogP contribution in [0.25, 0.3) is 0 Å². The molecular weight excluding hydrogens is 199 g/mol. The van der Waals surface area contributed by atoms with Gasteiger partial charge in [-0.05, 0) is 18.6 Å². The Morgan fingerprint density at radius 2 is 2.00 bits per heavy atom. The van der Waals surface area contributed by atoms with Gasteiger partial charge in [0, 0.05) is 0 Å². The van der Waals surface area contributed by atoms with Crippen LogP contribution in [0, 0.1) is 0 Å². The minimum atomic E-state index is -1.77. The lowest BCUT2D eigenvalue weighted by Crippen LogP contribution is -1.93. The van der Waals surface area contributed by atoms with E-state index in [-0.39, 0.29) is 0 Å². The second-order valence-electron chi connectivity index (χ2n) is 2.83. The molecule has 0 bridgehead atoms. The summed E-state index contributed by atoms with van der Waals surface area (Å²) in [7, 11) is -1.77. The van der Waals surface area contributed by atoms with Crippen molar-refractivity contribution in [2.24, 2.45) is 0 Å². The van der Waals surface area contributed by atoms with Gasteiger partial charge in [0.1, 0.15) is 5.75 Å². The first-order valence-electron chi connectivity index (χ1n) is 4.68. The summed E-state index contributed by atoms with van der Waals surface area (Å²) in [6, 6.07) is 9.17. The van der Waals surface area contributed by atoms with Crippen LogP contribution in [0.4, 0.5) is 0 Å². The molecule has 1 rings (SSSR count). The zero-order chi connectivity index (χ0) is 10.2. The van der Waals surface area contributed by atoms with Crippen molar-refractivity contribution in [3.05, 3.63) is 30.3 Å². The van der Waals surface area contributed by atoms with Gasteiger partial charge in [0.15, 0.2) is 0 Å². The highest BCUT2D eigenvalue weighted by atomic mass is 31.2. The largest absolute Gasteiger partial charge is 0.427 e. The Kier molecular flexibility index (Phi) is 5.53. The van der Waals surface area contributed by atoms with Crippen molar-refractivity contribution in [1.82, 2.24) is 0 Å². The van der Waals surface area contributed by atoms with Crippen molar-refractivity contribution < 1.29 is 13.9 Å². The highest BCUT2D eigenvalue weighted by Gasteiger charge is 2.07. The van der Waals surface area contributed by atoms with Crippen LogP contribution in [0.15, 0.2) is 30.3 Å². The van der Waals surface area contributed by atoms with Crippen LogP contribution in [0.3, 0.4) is 0 Å². The molecule has 1 aromatic rings. The third kappa shape index (κ3) is 4.56. The van der Waals surface area contributed by atoms with Crippen molar-refractivity contribution in [2.75, 3.05) is 6.61 Å². The summed E-state index contributed by atoms with van der Waals surface area (Å²) < 4.78 is 10.2. The Morgan fingerprint density at radius 1 is 1.29 bits per heavy atom. The van der Waals surface area contributed by atoms with E-state index in [1.54, 1.807) is 12.1 Å². The lowest BCUT2D eigenvalue weighted by Gasteiger charge is -2.10. The van der Waals surface area contributed by atoms with E-state index in [4.69, 9.17) is 9.05 Å². The van der Waals surface area contributed by atoms with Crippen molar-refractivity contribution >= 4 is 8.60 Å². The molecule has 0 radical (unpaired) electrons. The third-order valence-corrected chi connectivity index (χ3v) is 2.40. The molecule has 3 nitrogen and oxygen atoms in total. The normalized spacial score (nSPS) is 12.4. The fraction of sp³-hybridized carbons (Fsp3) is 0.400. The van der Waals surface area contributed by atoms with Gasteiger partial charge in [-0.25, -0.2) is 0 Å². The number of unbranched alkanes of at least 4 members (excludes halogenated alkanes) is 1. The number of hydrogen-bond acceptors (Lipinski definition) is 3. The fourth-order valence-corrected chi connectivity index (χ4v) is 1.52. The molecular formula is C10H15O3P. The van der Waals surface area contributed by atoms with Crippen LogP contribution in [0.1, 0.15) is 19.8 Å². The van der Waals surface area contributed by atoms with Crippen molar-refractivity contribution in [3.8, 4) is 5.75 Å². The maximum atomic E-state index is 9.35. The van der Waals surface area contributed by atoms with Crippen LogP contribution in [-0.4, -0.2) is 11.5 Å². The van der Waals surface area contributed by atoms with E-state index in [1.165, 1.54) is 0 Å². The van der Waals surface area contributed by atoms with Gasteiger partial charge in [-0.15, -0.1) is 0 Å². The van der Waals surface area contributed by atoms with E-state index < -0.39 is 8.60 Å². The molecule has 0 aromatic heterocycles. The molecule has 0 aliphatic heterocycles. The summed E-state index contributed by atoms with van der Waals surface area (Å²) in [6.45, 7) is 2.62. The topological polar surface area (TPSA) is 38.7 Å². The Hall–Kier alpha value is -0.630. The molecule has 0 heterocycles. The van der Waals surface area contributed by atoms with E-state index in [0.29, 0.717) is 12.4 Å². The third-order valence-electron chi connectivity index (χ3n) is 1.63. The Labute approximate surface area is 85.7 Å². The minimum absolute atomic E-state index is 0.547. The number of rotatable bonds is 6. The second-order valence-corrected chi connectivity index (χ2v) is 3.75. The molecule has 78 valence electrons. The summed E-state index contributed by atoms with van der Waals surface area (Å²) in [5.41, 5.74) is 0. The summed E-state index contributed by atoms with van der Waals surface area (Å²) in [6.07, 6.45) is 1.99. The molecule has 0 amide bonds. The molecule has 1 N–H and O–H groups in total. The SMILES string of the molecule is CCCCOP(O)Oc1ccccc1. The lowest BCUT2D eigenvalue weighted by atomic mass is 10.3. The van der Waals surface area contributed by atoms with Crippen LogP contribution >= 0.6 is 8.60 Å². The van der Waals surface area contributed by atoms with Crippen LogP contribution in [-0.2, 0) is 4.52 Å². The molecule has 0 aliphatic carbocycles. The molecule has 1 aromatic carbocycles. The monoisotopic (exact) mass is 214 g/mol. The van der Waals surface area contributed by atoms with E-state index in [2.05, 4.69) is 6.92 Å². The molecule has 14 heavy (non-hydrogen) atoms. The molecule has 4 heteroatoms. The molecule has 0 fully saturated rings. The first-order valence-corrected chi connectivity index (χ1v) is 5.81. The average Bonchev–Trinajstić information content (AvgIpc) is 2.20. The summed E-state index contributed by atoms with van der Waals surface area (Å²) in [5.74, 6) is 0.637. The fourth-order valence-electron chi connectivity index (χ4n) is 0.885. The maximum Gasteiger partial charge on any atom is 0.394 e. The van der Waals surface area contributed by atoms with E-state index in [0.717, 1.165) is 12.8 Å². The minimum Gasteiger partial charge on any atom is -0.427 e. The lowest BCUT2D eigenvalue weighted by molar-refractivity contribution is 0.256. The van der Waals surface area contributed by atoms with Gasteiger partial charge in [0.05, 0.1) is 6.61 Å². The Balaban J connectivity index is 2.23. The van der Waals surface area contributed by atoms with Gasteiger partial charge >= 0.3 is 8.60 Å². The van der Waals surface area contributed by atoms with Crippen molar-refractivity contribution in [3.63, 3.8) is 0 Å². The van der Waals surface area contributed by atoms with Gasteiger partial charge in [0.25, 0.3) is 0 Å². The predicted octanol–water partition coefficient (Wildman–Crippen LogP) is 3.10. The van der Waals surface area contributed by atoms with Gasteiger partial charge in [0.2, 0.25) is 0 Å². The first-order chi connectivity index (χ1) is 6.83. The highest BCUT2D eigenvalue weighted by Crippen LogP contribution is 2.34. The zero-order valence-electron chi connectivity index (χ0n) is 8.22. The molecule has 1 atom stereocenters. The first kappa shape index (κ1) is 11.4. The van der Waals surface area contributed by atoms with Crippen LogP contribution in [0.5, 0.6) is 5.75 Å². The molecule has 0 saturated heterocycles. The van der Waals surface area contributed by atoms with E-state index >= 15 is 0 Å². The van der Waals surface area contributed by atoms with Gasteiger partial charge in [-0.3, -0.25) is 0 Å². The highest BCUT2D eigenvalue weighted by molar-refractivity contribution is 7.41. The maximum absolute atomic E-state index is 9.35. The number of para-hydroxylation sites is 1. The van der Waals surface area contributed by atoms with E-state index in [9.17, 15) is 4.89 Å². The van der Waals surface area contributed by atoms with Crippen LogP contribution < -0.4 is 4.52 Å². The quantitative estimate of drug-likeness (QED) is 0.584. The smallest absolute Gasteiger partial charge is 0.394 e. The number of benzene rings is 1. The van der Waals surface area contributed by atoms with Crippen molar-refractivity contribution in [1.29, 1.82) is 0 Å². The van der Waals surface area contributed by atoms with Gasteiger partial charge in [-0.2, -0.15) is 0 Å². The average molecular weight is 214 g/mol. The Bertz CT molecular complexity index is 240. The molecule has 1 unspecified atom stereocenters. The Morgan fingerprint density at radius 3 is 2.64 bits per heavy atom.